The molecule has 1 saturated heterocycles. The van der Waals surface area contributed by atoms with Crippen molar-refractivity contribution in [3.05, 3.63) is 45.5 Å². The first-order valence-electron chi connectivity index (χ1n) is 8.54. The van der Waals surface area contributed by atoms with E-state index in [1.54, 1.807) is 11.8 Å². The molecule has 1 aromatic heterocycles. The van der Waals surface area contributed by atoms with Gasteiger partial charge < -0.3 is 4.90 Å². The van der Waals surface area contributed by atoms with Crippen molar-refractivity contribution in [1.82, 2.24) is 9.88 Å². The van der Waals surface area contributed by atoms with E-state index in [9.17, 15) is 4.79 Å². The lowest BCUT2D eigenvalue weighted by Crippen LogP contribution is -2.38. The zero-order valence-electron chi connectivity index (χ0n) is 14.2. The lowest BCUT2D eigenvalue weighted by molar-refractivity contribution is 0.0690. The van der Waals surface area contributed by atoms with Crippen molar-refractivity contribution in [2.75, 3.05) is 13.1 Å². The highest BCUT2D eigenvalue weighted by Crippen LogP contribution is 2.39. The Morgan fingerprint density at radius 1 is 1.33 bits per heavy atom. The Kier molecular flexibility index (Phi) is 5.67. The number of pyridine rings is 1. The van der Waals surface area contributed by atoms with Crippen LogP contribution in [0.2, 0.25) is 0 Å². The maximum Gasteiger partial charge on any atom is 0.272 e. The number of likely N-dealkylation sites (tertiary alicyclic amines) is 1. The van der Waals surface area contributed by atoms with Crippen molar-refractivity contribution in [1.29, 1.82) is 0 Å². The zero-order chi connectivity index (χ0) is 17.1. The van der Waals surface area contributed by atoms with Gasteiger partial charge in [-0.25, -0.2) is 4.98 Å². The summed E-state index contributed by atoms with van der Waals surface area (Å²) in [4.78, 5) is 20.3. The van der Waals surface area contributed by atoms with Crippen LogP contribution >= 0.6 is 23.4 Å². The van der Waals surface area contributed by atoms with E-state index in [1.165, 1.54) is 5.57 Å². The molecule has 3 rings (SSSR count). The molecule has 0 saturated carbocycles. The van der Waals surface area contributed by atoms with Crippen LogP contribution in [0, 0.1) is 5.92 Å². The molecule has 1 amide bonds. The highest BCUT2D eigenvalue weighted by Gasteiger charge is 2.23. The van der Waals surface area contributed by atoms with E-state index < -0.39 is 0 Å². The molecule has 0 radical (unpaired) electrons. The quantitative estimate of drug-likeness (QED) is 0.737. The summed E-state index contributed by atoms with van der Waals surface area (Å²) < 4.78 is 0. The Bertz CT molecular complexity index is 690. The Hall–Kier alpha value is -1.26. The van der Waals surface area contributed by atoms with Crippen molar-refractivity contribution in [3.8, 4) is 0 Å². The van der Waals surface area contributed by atoms with Crippen LogP contribution in [0.1, 0.15) is 50.0 Å². The Morgan fingerprint density at radius 2 is 2.08 bits per heavy atom. The van der Waals surface area contributed by atoms with E-state index in [0.717, 1.165) is 53.7 Å². The maximum absolute atomic E-state index is 12.7. The van der Waals surface area contributed by atoms with E-state index in [4.69, 9.17) is 11.6 Å². The number of carbonyl (C=O) groups is 1. The summed E-state index contributed by atoms with van der Waals surface area (Å²) in [6.45, 7) is 5.98. The van der Waals surface area contributed by atoms with Gasteiger partial charge in [-0.05, 0) is 56.2 Å². The third-order valence-electron chi connectivity index (χ3n) is 4.64. The van der Waals surface area contributed by atoms with Crippen LogP contribution in [0.3, 0.4) is 0 Å². The maximum atomic E-state index is 12.7. The minimum Gasteiger partial charge on any atom is -0.337 e. The van der Waals surface area contributed by atoms with E-state index in [1.807, 2.05) is 23.1 Å². The Labute approximate surface area is 153 Å². The van der Waals surface area contributed by atoms with Gasteiger partial charge in [-0.3, -0.25) is 4.79 Å². The molecular weight excluding hydrogens is 340 g/mol. The predicted molar refractivity (Wildman–Crippen MR) is 100 cm³/mol. The summed E-state index contributed by atoms with van der Waals surface area (Å²) in [5.74, 6) is 0.749. The molecule has 0 spiro atoms. The van der Waals surface area contributed by atoms with Gasteiger partial charge >= 0.3 is 0 Å². The summed E-state index contributed by atoms with van der Waals surface area (Å²) in [5.41, 5.74) is 1.73. The number of halogens is 1. The van der Waals surface area contributed by atoms with E-state index in [0.29, 0.717) is 11.6 Å². The van der Waals surface area contributed by atoms with Gasteiger partial charge in [0.2, 0.25) is 0 Å². The molecular formula is C19H23ClN2OS. The third-order valence-corrected chi connectivity index (χ3v) is 6.34. The molecule has 0 bridgehead atoms. The minimum absolute atomic E-state index is 0.0420. The highest BCUT2D eigenvalue weighted by atomic mass is 35.5. The zero-order valence-corrected chi connectivity index (χ0v) is 15.8. The van der Waals surface area contributed by atoms with Crippen LogP contribution in [-0.2, 0) is 0 Å². The molecule has 24 heavy (non-hydrogen) atoms. The lowest BCUT2D eigenvalue weighted by Gasteiger charge is -2.30. The number of hydrogen-bond acceptors (Lipinski definition) is 3. The van der Waals surface area contributed by atoms with Crippen LogP contribution < -0.4 is 0 Å². The predicted octanol–water partition coefficient (Wildman–Crippen LogP) is 5.24. The summed E-state index contributed by atoms with van der Waals surface area (Å²) in [7, 11) is 0. The first kappa shape index (κ1) is 17.6. The standard InChI is InChI=1S/C19H23ClN2OS/c1-13-9-11-22(12-10-13)19(23)16-7-4-8-17(21-16)24-18-14(2)5-3-6-15(18)20/h4-5,7-8,13H,3,6,9-12H2,1-2H3. The number of amides is 1. The number of aromatic nitrogens is 1. The van der Waals surface area contributed by atoms with Crippen LogP contribution in [0.15, 0.2) is 44.8 Å². The summed E-state index contributed by atoms with van der Waals surface area (Å²) in [6.07, 6.45) is 6.23. The first-order valence-corrected chi connectivity index (χ1v) is 9.74. The van der Waals surface area contributed by atoms with Crippen LogP contribution in [0.5, 0.6) is 0 Å². The van der Waals surface area contributed by atoms with Gasteiger partial charge in [0.25, 0.3) is 5.91 Å². The van der Waals surface area contributed by atoms with Crippen LogP contribution in [0.4, 0.5) is 0 Å². The monoisotopic (exact) mass is 362 g/mol. The molecule has 1 aromatic rings. The molecule has 5 heteroatoms. The average molecular weight is 363 g/mol. The Balaban J connectivity index is 1.75. The summed E-state index contributed by atoms with van der Waals surface area (Å²) in [6, 6.07) is 5.66. The Morgan fingerprint density at radius 3 is 2.79 bits per heavy atom. The fraction of sp³-hybridized carbons (Fsp3) is 0.474. The van der Waals surface area contributed by atoms with Gasteiger partial charge in [0, 0.05) is 23.0 Å². The molecule has 0 unspecified atom stereocenters. The fourth-order valence-electron chi connectivity index (χ4n) is 3.04. The van der Waals surface area contributed by atoms with E-state index >= 15 is 0 Å². The number of hydrogen-bond donors (Lipinski definition) is 0. The molecule has 1 aliphatic heterocycles. The molecule has 3 nitrogen and oxygen atoms in total. The molecule has 1 aliphatic carbocycles. The number of allylic oxidation sites excluding steroid dienone is 3. The van der Waals surface area contributed by atoms with Gasteiger partial charge in [0.15, 0.2) is 0 Å². The second kappa shape index (κ2) is 7.75. The number of nitrogens with zero attached hydrogens (tertiary/aromatic N) is 2. The molecule has 128 valence electrons. The molecule has 2 aliphatic rings. The van der Waals surface area contributed by atoms with Gasteiger partial charge in [0.05, 0.1) is 0 Å². The van der Waals surface area contributed by atoms with Crippen LogP contribution in [0.25, 0.3) is 0 Å². The molecule has 0 atom stereocenters. The molecule has 0 aromatic carbocycles. The normalized spacial score (nSPS) is 19.5. The van der Waals surface area contributed by atoms with Crippen molar-refractivity contribution >= 4 is 29.3 Å². The lowest BCUT2D eigenvalue weighted by atomic mass is 9.99. The van der Waals surface area contributed by atoms with Gasteiger partial charge in [-0.2, -0.15) is 0 Å². The van der Waals surface area contributed by atoms with Crippen molar-refractivity contribution in [3.63, 3.8) is 0 Å². The van der Waals surface area contributed by atoms with Crippen LogP contribution in [-0.4, -0.2) is 28.9 Å². The van der Waals surface area contributed by atoms with E-state index in [-0.39, 0.29) is 5.91 Å². The fourth-order valence-corrected chi connectivity index (χ4v) is 4.37. The highest BCUT2D eigenvalue weighted by molar-refractivity contribution is 8.03. The minimum atomic E-state index is 0.0420. The first-order chi connectivity index (χ1) is 11.5. The average Bonchev–Trinajstić information content (AvgIpc) is 2.59. The molecule has 2 heterocycles. The number of carbonyl (C=O) groups excluding carboxylic acids is 1. The SMILES string of the molecule is CC1=CCCC(Cl)=C1Sc1cccc(C(=O)N2CCC(C)CC2)n1. The van der Waals surface area contributed by atoms with Gasteiger partial charge in [-0.15, -0.1) is 0 Å². The largest absolute Gasteiger partial charge is 0.337 e. The van der Waals surface area contributed by atoms with Gasteiger partial charge in [-0.1, -0.05) is 42.4 Å². The van der Waals surface area contributed by atoms with Gasteiger partial charge in [0.1, 0.15) is 10.7 Å². The second-order valence-electron chi connectivity index (χ2n) is 6.60. The number of piperidine rings is 1. The summed E-state index contributed by atoms with van der Waals surface area (Å²) >= 11 is 7.94. The summed E-state index contributed by atoms with van der Waals surface area (Å²) in [5, 5.41) is 1.72. The van der Waals surface area contributed by atoms with Crippen molar-refractivity contribution in [2.45, 2.75) is 44.6 Å². The topological polar surface area (TPSA) is 33.2 Å². The number of rotatable bonds is 3. The van der Waals surface area contributed by atoms with Crippen molar-refractivity contribution < 1.29 is 4.79 Å². The third kappa shape index (κ3) is 4.04. The van der Waals surface area contributed by atoms with E-state index in [2.05, 4.69) is 24.9 Å². The number of thioether (sulfide) groups is 1. The van der Waals surface area contributed by atoms with Crippen molar-refractivity contribution in [2.24, 2.45) is 5.92 Å². The second-order valence-corrected chi connectivity index (χ2v) is 8.08. The molecule has 0 N–H and O–H groups in total. The smallest absolute Gasteiger partial charge is 0.272 e. The molecule has 1 fully saturated rings.